The first-order valence-corrected chi connectivity index (χ1v) is 7.52. The number of nitrogens with one attached hydrogen (secondary N) is 2. The van der Waals surface area contributed by atoms with E-state index in [9.17, 15) is 0 Å². The van der Waals surface area contributed by atoms with Gasteiger partial charge in [-0.2, -0.15) is 4.98 Å². The molecule has 0 aliphatic carbocycles. The van der Waals surface area contributed by atoms with Gasteiger partial charge in [0.1, 0.15) is 10.6 Å². The molecule has 0 atom stereocenters. The van der Waals surface area contributed by atoms with Crippen molar-refractivity contribution in [3.8, 4) is 0 Å². The maximum absolute atomic E-state index is 5.45. The molecule has 0 amide bonds. The number of fused-ring (bicyclic) bond motifs is 1. The van der Waals surface area contributed by atoms with Crippen molar-refractivity contribution in [2.75, 3.05) is 10.7 Å². The first-order chi connectivity index (χ1) is 10.2. The number of thiophene rings is 1. The van der Waals surface area contributed by atoms with Crippen molar-refractivity contribution < 1.29 is 0 Å². The monoisotopic (exact) mass is 299 g/mol. The summed E-state index contributed by atoms with van der Waals surface area (Å²) >= 11 is 1.63. The second-order valence-corrected chi connectivity index (χ2v) is 6.13. The van der Waals surface area contributed by atoms with Crippen LogP contribution in [0.2, 0.25) is 0 Å². The molecule has 108 valence electrons. The van der Waals surface area contributed by atoms with E-state index >= 15 is 0 Å². The molecule has 0 aliphatic rings. The zero-order chi connectivity index (χ0) is 14.8. The Morgan fingerprint density at radius 2 is 2.00 bits per heavy atom. The van der Waals surface area contributed by atoms with Gasteiger partial charge in [-0.1, -0.05) is 24.3 Å². The molecule has 0 fully saturated rings. The number of aromatic nitrogens is 2. The van der Waals surface area contributed by atoms with Gasteiger partial charge >= 0.3 is 0 Å². The standard InChI is InChI=1S/C15H17N5S/c1-9-5-3-4-6-11(9)8-17-13-12-7-10(2)21-14(12)19-15(18-13)20-16/h3-7H,8,16H2,1-2H3,(H2,17,18,19,20). The fourth-order valence-electron chi connectivity index (χ4n) is 2.23. The number of hydrogen-bond donors (Lipinski definition) is 3. The van der Waals surface area contributed by atoms with Gasteiger partial charge < -0.3 is 5.32 Å². The third kappa shape index (κ3) is 2.81. The summed E-state index contributed by atoms with van der Waals surface area (Å²) in [6.45, 7) is 4.89. The summed E-state index contributed by atoms with van der Waals surface area (Å²) in [5.74, 6) is 6.68. The minimum atomic E-state index is 0.427. The predicted octanol–water partition coefficient (Wildman–Crippen LogP) is 3.21. The molecular formula is C15H17N5S. The van der Waals surface area contributed by atoms with Crippen molar-refractivity contribution in [1.82, 2.24) is 9.97 Å². The number of nitrogens with zero attached hydrogens (tertiary/aromatic N) is 2. The van der Waals surface area contributed by atoms with E-state index in [1.165, 1.54) is 16.0 Å². The van der Waals surface area contributed by atoms with Gasteiger partial charge in [0.2, 0.25) is 5.95 Å². The smallest absolute Gasteiger partial charge is 0.240 e. The molecule has 4 N–H and O–H groups in total. The minimum Gasteiger partial charge on any atom is -0.365 e. The Kier molecular flexibility index (Phi) is 3.72. The lowest BCUT2D eigenvalue weighted by molar-refractivity contribution is 1.08. The van der Waals surface area contributed by atoms with Crippen molar-refractivity contribution in [2.45, 2.75) is 20.4 Å². The highest BCUT2D eigenvalue weighted by atomic mass is 32.1. The number of rotatable bonds is 4. The van der Waals surface area contributed by atoms with E-state index in [4.69, 9.17) is 5.84 Å². The van der Waals surface area contributed by atoms with Gasteiger partial charge in [0.15, 0.2) is 0 Å². The zero-order valence-corrected chi connectivity index (χ0v) is 12.8. The van der Waals surface area contributed by atoms with E-state index in [0.29, 0.717) is 5.95 Å². The molecule has 3 rings (SSSR count). The summed E-state index contributed by atoms with van der Waals surface area (Å²) in [4.78, 5) is 10.9. The zero-order valence-electron chi connectivity index (χ0n) is 12.0. The average Bonchev–Trinajstić information content (AvgIpc) is 2.86. The summed E-state index contributed by atoms with van der Waals surface area (Å²) < 4.78 is 0. The van der Waals surface area contributed by atoms with E-state index in [-0.39, 0.29) is 0 Å². The molecule has 0 bridgehead atoms. The van der Waals surface area contributed by atoms with Crippen LogP contribution in [-0.2, 0) is 6.54 Å². The van der Waals surface area contributed by atoms with Gasteiger partial charge in [0, 0.05) is 11.4 Å². The Labute approximate surface area is 127 Å². The van der Waals surface area contributed by atoms with Gasteiger partial charge in [-0.3, -0.25) is 5.43 Å². The first kappa shape index (κ1) is 13.8. The molecule has 21 heavy (non-hydrogen) atoms. The lowest BCUT2D eigenvalue weighted by Gasteiger charge is -2.10. The molecule has 0 spiro atoms. The Morgan fingerprint density at radius 1 is 1.19 bits per heavy atom. The Bertz CT molecular complexity index is 781. The normalized spacial score (nSPS) is 10.8. The van der Waals surface area contributed by atoms with E-state index in [0.717, 1.165) is 22.6 Å². The minimum absolute atomic E-state index is 0.427. The number of nitrogens with two attached hydrogens (primary N) is 1. The number of anilines is 2. The largest absolute Gasteiger partial charge is 0.365 e. The van der Waals surface area contributed by atoms with Gasteiger partial charge in [-0.25, -0.2) is 10.8 Å². The summed E-state index contributed by atoms with van der Waals surface area (Å²) in [5.41, 5.74) is 5.03. The topological polar surface area (TPSA) is 75.9 Å². The van der Waals surface area contributed by atoms with E-state index in [1.807, 2.05) is 12.1 Å². The van der Waals surface area contributed by atoms with Crippen molar-refractivity contribution in [2.24, 2.45) is 5.84 Å². The van der Waals surface area contributed by atoms with Gasteiger partial charge in [-0.15, -0.1) is 11.3 Å². The molecule has 5 nitrogen and oxygen atoms in total. The van der Waals surface area contributed by atoms with Crippen LogP contribution in [0.15, 0.2) is 30.3 Å². The van der Waals surface area contributed by atoms with Crippen LogP contribution in [0.1, 0.15) is 16.0 Å². The maximum atomic E-state index is 5.45. The summed E-state index contributed by atoms with van der Waals surface area (Å²) in [5, 5.41) is 4.43. The van der Waals surface area contributed by atoms with Crippen molar-refractivity contribution in [3.05, 3.63) is 46.3 Å². The molecule has 2 aromatic heterocycles. The number of hydrazine groups is 1. The molecular weight excluding hydrogens is 282 g/mol. The predicted molar refractivity (Wildman–Crippen MR) is 88.5 cm³/mol. The summed E-state index contributed by atoms with van der Waals surface area (Å²) in [6.07, 6.45) is 0. The Hall–Kier alpha value is -2.18. The quantitative estimate of drug-likeness (QED) is 0.509. The third-order valence-corrected chi connectivity index (χ3v) is 4.30. The number of aryl methyl sites for hydroxylation is 2. The van der Waals surface area contributed by atoms with Crippen molar-refractivity contribution in [3.63, 3.8) is 0 Å². The van der Waals surface area contributed by atoms with E-state index in [1.54, 1.807) is 11.3 Å². The Morgan fingerprint density at radius 3 is 2.76 bits per heavy atom. The summed E-state index contributed by atoms with van der Waals surface area (Å²) in [7, 11) is 0. The molecule has 0 unspecified atom stereocenters. The number of nitrogen functional groups attached to an aromatic ring is 1. The number of benzene rings is 1. The molecule has 0 aliphatic heterocycles. The second-order valence-electron chi connectivity index (χ2n) is 4.90. The molecule has 6 heteroatoms. The van der Waals surface area contributed by atoms with Crippen LogP contribution in [0.4, 0.5) is 11.8 Å². The molecule has 0 radical (unpaired) electrons. The van der Waals surface area contributed by atoms with E-state index < -0.39 is 0 Å². The van der Waals surface area contributed by atoms with Crippen LogP contribution in [0, 0.1) is 13.8 Å². The Balaban J connectivity index is 1.94. The summed E-state index contributed by atoms with van der Waals surface area (Å²) in [6, 6.07) is 10.4. The number of hydrogen-bond acceptors (Lipinski definition) is 6. The second kappa shape index (κ2) is 5.67. The van der Waals surface area contributed by atoms with Crippen molar-refractivity contribution in [1.29, 1.82) is 0 Å². The van der Waals surface area contributed by atoms with Crippen molar-refractivity contribution >= 4 is 33.3 Å². The van der Waals surface area contributed by atoms with Crippen LogP contribution >= 0.6 is 11.3 Å². The molecule has 1 aromatic carbocycles. The molecule has 0 saturated carbocycles. The molecule has 2 heterocycles. The van der Waals surface area contributed by atoms with Crippen LogP contribution in [0.5, 0.6) is 0 Å². The lowest BCUT2D eigenvalue weighted by Crippen LogP contribution is -2.12. The third-order valence-electron chi connectivity index (χ3n) is 3.35. The highest BCUT2D eigenvalue weighted by Crippen LogP contribution is 2.29. The molecule has 0 saturated heterocycles. The van der Waals surface area contributed by atoms with Crippen LogP contribution in [0.25, 0.3) is 10.2 Å². The average molecular weight is 299 g/mol. The molecule has 3 aromatic rings. The SMILES string of the molecule is Cc1cc2c(NCc3ccccc3C)nc(NN)nc2s1. The highest BCUT2D eigenvalue weighted by Gasteiger charge is 2.10. The van der Waals surface area contributed by atoms with Gasteiger partial charge in [0.25, 0.3) is 0 Å². The maximum Gasteiger partial charge on any atom is 0.240 e. The van der Waals surface area contributed by atoms with Gasteiger partial charge in [0.05, 0.1) is 5.39 Å². The van der Waals surface area contributed by atoms with Crippen LogP contribution in [-0.4, -0.2) is 9.97 Å². The van der Waals surface area contributed by atoms with Gasteiger partial charge in [-0.05, 0) is 31.0 Å². The van der Waals surface area contributed by atoms with Crippen LogP contribution in [0.3, 0.4) is 0 Å². The highest BCUT2D eigenvalue weighted by molar-refractivity contribution is 7.18. The van der Waals surface area contributed by atoms with Crippen LogP contribution < -0.4 is 16.6 Å². The lowest BCUT2D eigenvalue weighted by atomic mass is 10.1. The fourth-order valence-corrected chi connectivity index (χ4v) is 3.11. The fraction of sp³-hybridized carbons (Fsp3) is 0.200. The first-order valence-electron chi connectivity index (χ1n) is 6.70. The van der Waals surface area contributed by atoms with E-state index in [2.05, 4.69) is 52.8 Å².